The van der Waals surface area contributed by atoms with E-state index < -0.39 is 0 Å². The Kier molecular flexibility index (Phi) is 7.95. The van der Waals surface area contributed by atoms with Crippen LogP contribution in [0.4, 0.5) is 5.69 Å². The van der Waals surface area contributed by atoms with E-state index in [4.69, 9.17) is 9.47 Å². The Morgan fingerprint density at radius 3 is 2.05 bits per heavy atom. The van der Waals surface area contributed by atoms with E-state index in [2.05, 4.69) is 108 Å². The first-order chi connectivity index (χ1) is 18.7. The minimum atomic E-state index is 0.360. The number of likely N-dealkylation sites (N-methyl/N-ethyl adjacent to an activating group) is 1. The minimum Gasteiger partial charge on any atom is -0.454 e. The molecule has 0 bridgehead atoms. The second-order valence-corrected chi connectivity index (χ2v) is 9.20. The highest BCUT2D eigenvalue weighted by atomic mass is 16.7. The van der Waals surface area contributed by atoms with E-state index >= 15 is 0 Å². The lowest BCUT2D eigenvalue weighted by molar-refractivity contribution is 0.174. The summed E-state index contributed by atoms with van der Waals surface area (Å²) in [5.41, 5.74) is 5.40. The van der Waals surface area contributed by atoms with Gasteiger partial charge in [0.1, 0.15) is 0 Å². The third-order valence-electron chi connectivity index (χ3n) is 6.65. The molecule has 4 heterocycles. The number of nitrogens with zero attached hydrogens (tertiary/aromatic N) is 2. The number of aromatic amines is 1. The van der Waals surface area contributed by atoms with Crippen molar-refractivity contribution >= 4 is 27.5 Å². The molecule has 5 nitrogen and oxygen atoms in total. The number of aromatic nitrogens is 2. The van der Waals surface area contributed by atoms with Crippen LogP contribution in [0.2, 0.25) is 0 Å². The molecule has 192 valence electrons. The van der Waals surface area contributed by atoms with Crippen molar-refractivity contribution in [3.8, 4) is 11.5 Å². The Hall–Kier alpha value is -4.64. The number of aryl methyl sites for hydroxylation is 1. The third-order valence-corrected chi connectivity index (χ3v) is 6.65. The van der Waals surface area contributed by atoms with Gasteiger partial charge in [-0.2, -0.15) is 0 Å². The van der Waals surface area contributed by atoms with E-state index in [1.54, 1.807) is 0 Å². The molecule has 2 aliphatic rings. The van der Waals surface area contributed by atoms with Crippen LogP contribution in [0.15, 0.2) is 122 Å². The molecule has 2 aromatic heterocycles. The average Bonchev–Trinajstić information content (AvgIpc) is 3.78. The molecular formula is C33H33N3O2. The fourth-order valence-corrected chi connectivity index (χ4v) is 4.57. The Morgan fingerprint density at radius 1 is 0.658 bits per heavy atom. The number of nitrogens with one attached hydrogen (secondary N) is 1. The van der Waals surface area contributed by atoms with E-state index in [9.17, 15) is 0 Å². The summed E-state index contributed by atoms with van der Waals surface area (Å²) in [5.74, 6) is 1.69. The smallest absolute Gasteiger partial charge is 0.231 e. The SMILES string of the molecule is CN1CCc2ccccc21.Cn1ccc2ccccc21.c1ccc2[nH]ccc2c1.c1ccc2c(c1)OCO2. The van der Waals surface area contributed by atoms with Gasteiger partial charge in [-0.05, 0) is 65.2 Å². The van der Waals surface area contributed by atoms with Crippen molar-refractivity contribution < 1.29 is 9.47 Å². The third kappa shape index (κ3) is 6.01. The largest absolute Gasteiger partial charge is 0.454 e. The van der Waals surface area contributed by atoms with Crippen LogP contribution in [0.25, 0.3) is 21.8 Å². The van der Waals surface area contributed by atoms with Gasteiger partial charge in [0.05, 0.1) is 0 Å². The predicted molar refractivity (Wildman–Crippen MR) is 157 cm³/mol. The van der Waals surface area contributed by atoms with Crippen LogP contribution in [0.5, 0.6) is 11.5 Å². The number of ether oxygens (including phenoxy) is 2. The van der Waals surface area contributed by atoms with Crippen LogP contribution in [0.1, 0.15) is 5.56 Å². The van der Waals surface area contributed by atoms with Crippen molar-refractivity contribution in [3.63, 3.8) is 0 Å². The van der Waals surface area contributed by atoms with Crippen molar-refractivity contribution in [2.75, 3.05) is 25.3 Å². The number of anilines is 1. The van der Waals surface area contributed by atoms with Crippen LogP contribution in [-0.2, 0) is 13.5 Å². The number of fused-ring (bicyclic) bond motifs is 4. The summed E-state index contributed by atoms with van der Waals surface area (Å²) >= 11 is 0. The van der Waals surface area contributed by atoms with Gasteiger partial charge in [-0.1, -0.05) is 66.7 Å². The van der Waals surface area contributed by atoms with Crippen LogP contribution in [0.3, 0.4) is 0 Å². The first-order valence-corrected chi connectivity index (χ1v) is 12.8. The molecule has 0 unspecified atom stereocenters. The van der Waals surface area contributed by atoms with E-state index in [0.29, 0.717) is 6.79 Å². The quantitative estimate of drug-likeness (QED) is 0.234. The number of rotatable bonds is 0. The predicted octanol–water partition coefficient (Wildman–Crippen LogP) is 7.44. The molecule has 0 atom stereocenters. The first-order valence-electron chi connectivity index (χ1n) is 12.8. The zero-order chi connectivity index (χ0) is 26.2. The topological polar surface area (TPSA) is 42.4 Å². The van der Waals surface area contributed by atoms with Crippen molar-refractivity contribution in [1.82, 2.24) is 9.55 Å². The fraction of sp³-hybridized carbons (Fsp3) is 0.152. The monoisotopic (exact) mass is 503 g/mol. The van der Waals surface area contributed by atoms with Crippen LogP contribution < -0.4 is 14.4 Å². The maximum atomic E-state index is 5.08. The highest BCUT2D eigenvalue weighted by molar-refractivity contribution is 5.80. The zero-order valence-electron chi connectivity index (χ0n) is 21.9. The molecule has 0 radical (unpaired) electrons. The zero-order valence-corrected chi connectivity index (χ0v) is 21.9. The van der Waals surface area contributed by atoms with E-state index in [0.717, 1.165) is 11.5 Å². The van der Waals surface area contributed by atoms with Crippen LogP contribution >= 0.6 is 0 Å². The molecule has 0 spiro atoms. The van der Waals surface area contributed by atoms with Gasteiger partial charge in [0.25, 0.3) is 0 Å². The van der Waals surface area contributed by atoms with Gasteiger partial charge in [-0.15, -0.1) is 0 Å². The average molecular weight is 504 g/mol. The fourth-order valence-electron chi connectivity index (χ4n) is 4.57. The number of hydrogen-bond donors (Lipinski definition) is 1. The van der Waals surface area contributed by atoms with E-state index in [-0.39, 0.29) is 0 Å². The van der Waals surface area contributed by atoms with E-state index in [1.165, 1.54) is 46.0 Å². The highest BCUT2D eigenvalue weighted by Crippen LogP contribution is 2.30. The summed E-state index contributed by atoms with van der Waals surface area (Å²) in [4.78, 5) is 5.42. The van der Waals surface area contributed by atoms with Crippen LogP contribution in [0, 0.1) is 0 Å². The van der Waals surface area contributed by atoms with Gasteiger partial charge >= 0.3 is 0 Å². The number of para-hydroxylation sites is 5. The van der Waals surface area contributed by atoms with Gasteiger partial charge in [-0.3, -0.25) is 0 Å². The normalized spacial score (nSPS) is 12.5. The maximum absolute atomic E-state index is 5.08. The van der Waals surface area contributed by atoms with E-state index in [1.807, 2.05) is 42.6 Å². The van der Waals surface area contributed by atoms with Crippen LogP contribution in [-0.4, -0.2) is 29.9 Å². The summed E-state index contributed by atoms with van der Waals surface area (Å²) in [6.07, 6.45) is 5.24. The molecule has 0 saturated heterocycles. The Balaban J connectivity index is 0.000000103. The van der Waals surface area contributed by atoms with Crippen molar-refractivity contribution in [1.29, 1.82) is 0 Å². The van der Waals surface area contributed by atoms with Gasteiger partial charge in [-0.25, -0.2) is 0 Å². The first kappa shape index (κ1) is 25.0. The molecule has 38 heavy (non-hydrogen) atoms. The lowest BCUT2D eigenvalue weighted by Crippen LogP contribution is -2.12. The second-order valence-electron chi connectivity index (χ2n) is 9.20. The molecule has 1 N–H and O–H groups in total. The summed E-state index contributed by atoms with van der Waals surface area (Å²) in [6.45, 7) is 1.54. The van der Waals surface area contributed by atoms with Gasteiger partial charge < -0.3 is 23.9 Å². The molecular weight excluding hydrogens is 470 g/mol. The second kappa shape index (κ2) is 12.1. The molecule has 6 aromatic rings. The number of H-pyrrole nitrogens is 1. The molecule has 0 aliphatic carbocycles. The number of hydrogen-bond acceptors (Lipinski definition) is 3. The summed E-state index contributed by atoms with van der Waals surface area (Å²) < 4.78 is 12.3. The van der Waals surface area contributed by atoms with Gasteiger partial charge in [0.2, 0.25) is 6.79 Å². The van der Waals surface area contributed by atoms with Gasteiger partial charge in [0, 0.05) is 49.8 Å². The van der Waals surface area contributed by atoms with Crippen molar-refractivity contribution in [2.24, 2.45) is 7.05 Å². The minimum absolute atomic E-state index is 0.360. The summed E-state index contributed by atoms with van der Waals surface area (Å²) in [5, 5.41) is 2.59. The lowest BCUT2D eigenvalue weighted by atomic mass is 10.2. The molecule has 8 rings (SSSR count). The molecule has 2 aliphatic heterocycles. The Bertz CT molecular complexity index is 1550. The van der Waals surface area contributed by atoms with Gasteiger partial charge in [0.15, 0.2) is 11.5 Å². The number of benzene rings is 4. The van der Waals surface area contributed by atoms with Crippen molar-refractivity contribution in [3.05, 3.63) is 127 Å². The van der Waals surface area contributed by atoms with Crippen molar-refractivity contribution in [2.45, 2.75) is 6.42 Å². The molecule has 0 amide bonds. The molecule has 4 aromatic carbocycles. The lowest BCUT2D eigenvalue weighted by Gasteiger charge is -2.10. The molecule has 0 saturated carbocycles. The Morgan fingerprint density at radius 2 is 1.32 bits per heavy atom. The summed E-state index contributed by atoms with van der Waals surface area (Å²) in [6, 6.07) is 37.0. The molecule has 5 heteroatoms. The standard InChI is InChI=1S/C9H11N.C9H9N.C8H7N.C7H6O2/c2*1-10-7-6-8-4-2-3-5-9(8)10;1-2-4-8-7(3-1)5-6-9-8;1-2-4-7-6(3-1)8-5-9-7/h2-5H,6-7H2,1H3;2-7H,1H3;1-6,9H;1-4H,5H2. The molecule has 0 fully saturated rings. The maximum Gasteiger partial charge on any atom is 0.231 e. The summed E-state index contributed by atoms with van der Waals surface area (Å²) in [7, 11) is 4.20. The Labute approximate surface area is 223 Å². The highest BCUT2D eigenvalue weighted by Gasteiger charge is 2.13.